The molecule has 1 aliphatic rings. The van der Waals surface area contributed by atoms with Gasteiger partial charge in [-0.15, -0.1) is 11.3 Å². The summed E-state index contributed by atoms with van der Waals surface area (Å²) in [5.41, 5.74) is 2.81. The number of carbonyl (C=O) groups is 1. The molecule has 1 amide bonds. The summed E-state index contributed by atoms with van der Waals surface area (Å²) in [4.78, 5) is 33.4. The van der Waals surface area contributed by atoms with Gasteiger partial charge in [0.15, 0.2) is 0 Å². The van der Waals surface area contributed by atoms with Crippen molar-refractivity contribution in [1.29, 1.82) is 0 Å². The quantitative estimate of drug-likeness (QED) is 0.454. The van der Waals surface area contributed by atoms with Crippen molar-refractivity contribution in [3.63, 3.8) is 0 Å². The van der Waals surface area contributed by atoms with Gasteiger partial charge in [0.25, 0.3) is 5.56 Å². The number of anilines is 1. The Kier molecular flexibility index (Phi) is 5.81. The van der Waals surface area contributed by atoms with Crippen molar-refractivity contribution in [3.05, 3.63) is 92.1 Å². The smallest absolute Gasteiger partial charge is 0.263 e. The lowest BCUT2D eigenvalue weighted by molar-refractivity contribution is -0.116. The molecule has 0 fully saturated rings. The first-order chi connectivity index (χ1) is 16.0. The van der Waals surface area contributed by atoms with E-state index in [-0.39, 0.29) is 23.8 Å². The van der Waals surface area contributed by atoms with E-state index in [1.807, 2.05) is 30.3 Å². The molecule has 2 aromatic heterocycles. The van der Waals surface area contributed by atoms with Crippen LogP contribution in [0, 0.1) is 12.7 Å². The van der Waals surface area contributed by atoms with Crippen molar-refractivity contribution < 1.29 is 9.18 Å². The SMILES string of the molecule is Cc1ccc(NC(=O)Cn2c(Cc3ccccc3)nc3sc4c(c3c2=O)CCCC4)cc1F. The van der Waals surface area contributed by atoms with E-state index in [1.54, 1.807) is 30.4 Å². The van der Waals surface area contributed by atoms with Crippen molar-refractivity contribution in [2.24, 2.45) is 0 Å². The van der Waals surface area contributed by atoms with Crippen molar-refractivity contribution in [1.82, 2.24) is 9.55 Å². The molecule has 0 radical (unpaired) electrons. The number of thiophene rings is 1. The average molecular weight is 462 g/mol. The number of aryl methyl sites for hydroxylation is 3. The number of rotatable bonds is 5. The predicted octanol–water partition coefficient (Wildman–Crippen LogP) is 5.01. The number of carbonyl (C=O) groups excluding carboxylic acids is 1. The van der Waals surface area contributed by atoms with Gasteiger partial charge in [0.05, 0.1) is 5.39 Å². The summed E-state index contributed by atoms with van der Waals surface area (Å²) in [7, 11) is 0. The molecule has 7 heteroatoms. The molecule has 4 aromatic rings. The Morgan fingerprint density at radius 1 is 1.15 bits per heavy atom. The molecule has 0 aliphatic heterocycles. The van der Waals surface area contributed by atoms with E-state index in [9.17, 15) is 14.0 Å². The summed E-state index contributed by atoms with van der Waals surface area (Å²) >= 11 is 1.61. The fourth-order valence-electron chi connectivity index (χ4n) is 4.37. The second-order valence-corrected chi connectivity index (χ2v) is 9.57. The summed E-state index contributed by atoms with van der Waals surface area (Å²) in [5, 5.41) is 3.37. The average Bonchev–Trinajstić information content (AvgIpc) is 3.18. The maximum Gasteiger partial charge on any atom is 0.263 e. The molecule has 2 aromatic carbocycles. The third-order valence-electron chi connectivity index (χ3n) is 6.12. The molecule has 1 aliphatic carbocycles. The van der Waals surface area contributed by atoms with Crippen molar-refractivity contribution in [2.75, 3.05) is 5.32 Å². The molecule has 1 N–H and O–H groups in total. The van der Waals surface area contributed by atoms with Gasteiger partial charge in [-0.25, -0.2) is 9.37 Å². The fraction of sp³-hybridized carbons (Fsp3) is 0.269. The Morgan fingerprint density at radius 3 is 2.73 bits per heavy atom. The highest BCUT2D eigenvalue weighted by atomic mass is 32.1. The van der Waals surface area contributed by atoms with Crippen LogP contribution in [0.3, 0.4) is 0 Å². The fourth-order valence-corrected chi connectivity index (χ4v) is 5.64. The molecule has 2 heterocycles. The monoisotopic (exact) mass is 461 g/mol. The minimum Gasteiger partial charge on any atom is -0.324 e. The standard InChI is InChI=1S/C26H24FN3O2S/c1-16-11-12-18(14-20(16)27)28-23(31)15-30-22(13-17-7-3-2-4-8-17)29-25-24(26(30)32)19-9-5-6-10-21(19)33-25/h2-4,7-8,11-12,14H,5-6,9-10,13,15H2,1H3,(H,28,31). The first-order valence-corrected chi connectivity index (χ1v) is 11.9. The molecule has 0 bridgehead atoms. The zero-order valence-electron chi connectivity index (χ0n) is 18.4. The summed E-state index contributed by atoms with van der Waals surface area (Å²) in [6, 6.07) is 14.3. The molecule has 0 saturated carbocycles. The molecule has 33 heavy (non-hydrogen) atoms. The lowest BCUT2D eigenvalue weighted by atomic mass is 9.97. The Morgan fingerprint density at radius 2 is 1.94 bits per heavy atom. The highest BCUT2D eigenvalue weighted by Gasteiger charge is 2.23. The van der Waals surface area contributed by atoms with E-state index in [0.29, 0.717) is 28.9 Å². The van der Waals surface area contributed by atoms with Crippen molar-refractivity contribution >= 4 is 33.1 Å². The Hall–Kier alpha value is -3.32. The maximum atomic E-state index is 13.9. The van der Waals surface area contributed by atoms with Crippen molar-refractivity contribution in [3.8, 4) is 0 Å². The van der Waals surface area contributed by atoms with Crippen LogP contribution < -0.4 is 10.9 Å². The molecule has 5 nitrogen and oxygen atoms in total. The van der Waals surface area contributed by atoms with Crippen LogP contribution >= 0.6 is 11.3 Å². The number of aromatic nitrogens is 2. The number of nitrogens with one attached hydrogen (secondary N) is 1. The molecule has 0 saturated heterocycles. The van der Waals surface area contributed by atoms with Crippen LogP contribution in [0.4, 0.5) is 10.1 Å². The summed E-state index contributed by atoms with van der Waals surface area (Å²) < 4.78 is 15.4. The Bertz CT molecular complexity index is 1410. The van der Waals surface area contributed by atoms with E-state index in [2.05, 4.69) is 5.32 Å². The third-order valence-corrected chi connectivity index (χ3v) is 7.30. The summed E-state index contributed by atoms with van der Waals surface area (Å²) in [5.74, 6) is -0.217. The van der Waals surface area contributed by atoms with E-state index >= 15 is 0 Å². The zero-order chi connectivity index (χ0) is 22.9. The maximum absolute atomic E-state index is 13.9. The largest absolute Gasteiger partial charge is 0.324 e. The van der Waals surface area contributed by atoms with Gasteiger partial charge < -0.3 is 5.32 Å². The highest BCUT2D eigenvalue weighted by Crippen LogP contribution is 2.34. The highest BCUT2D eigenvalue weighted by molar-refractivity contribution is 7.18. The van der Waals surface area contributed by atoms with Crippen LogP contribution in [0.25, 0.3) is 10.2 Å². The van der Waals surface area contributed by atoms with Gasteiger partial charge in [0.2, 0.25) is 5.91 Å². The molecular formula is C26H24FN3O2S. The van der Waals surface area contributed by atoms with Crippen LogP contribution in [0.1, 0.15) is 40.2 Å². The van der Waals surface area contributed by atoms with Gasteiger partial charge in [-0.1, -0.05) is 36.4 Å². The lowest BCUT2D eigenvalue weighted by Gasteiger charge is -2.14. The minimum absolute atomic E-state index is 0.171. The molecule has 0 unspecified atom stereocenters. The topological polar surface area (TPSA) is 64.0 Å². The molecule has 168 valence electrons. The van der Waals surface area contributed by atoms with Crippen LogP contribution in [-0.2, 0) is 30.6 Å². The van der Waals surface area contributed by atoms with E-state index in [1.165, 1.54) is 15.5 Å². The number of nitrogens with zero attached hydrogens (tertiary/aromatic N) is 2. The number of amides is 1. The van der Waals surface area contributed by atoms with E-state index < -0.39 is 0 Å². The predicted molar refractivity (Wildman–Crippen MR) is 130 cm³/mol. The van der Waals surface area contributed by atoms with Gasteiger partial charge in [-0.2, -0.15) is 0 Å². The first kappa shape index (κ1) is 21.5. The molecule has 0 spiro atoms. The number of fused-ring (bicyclic) bond motifs is 3. The minimum atomic E-state index is -0.389. The van der Waals surface area contributed by atoms with Gasteiger partial charge in [0.1, 0.15) is 23.0 Å². The van der Waals surface area contributed by atoms with Crippen molar-refractivity contribution in [2.45, 2.75) is 45.6 Å². The van der Waals surface area contributed by atoms with Crippen LogP contribution in [0.15, 0.2) is 53.3 Å². The normalized spacial score (nSPS) is 13.2. The number of halogens is 1. The summed E-state index contributed by atoms with van der Waals surface area (Å²) in [6.07, 6.45) is 4.48. The van der Waals surface area contributed by atoms with Gasteiger partial charge in [-0.05, 0) is 61.4 Å². The van der Waals surface area contributed by atoms with Gasteiger partial charge in [0, 0.05) is 17.0 Å². The van der Waals surface area contributed by atoms with Gasteiger partial charge in [-0.3, -0.25) is 14.2 Å². The molecule has 5 rings (SSSR count). The molecule has 0 atom stereocenters. The van der Waals surface area contributed by atoms with E-state index in [0.717, 1.165) is 41.6 Å². The van der Waals surface area contributed by atoms with Crippen LogP contribution in [-0.4, -0.2) is 15.5 Å². The lowest BCUT2D eigenvalue weighted by Crippen LogP contribution is -2.31. The Balaban J connectivity index is 1.55. The van der Waals surface area contributed by atoms with Crippen LogP contribution in [0.5, 0.6) is 0 Å². The number of hydrogen-bond donors (Lipinski definition) is 1. The van der Waals surface area contributed by atoms with E-state index in [4.69, 9.17) is 4.98 Å². The molecular weight excluding hydrogens is 437 g/mol. The second kappa shape index (κ2) is 8.90. The Labute approximate surface area is 194 Å². The number of hydrogen-bond acceptors (Lipinski definition) is 4. The summed E-state index contributed by atoms with van der Waals surface area (Å²) in [6.45, 7) is 1.49. The zero-order valence-corrected chi connectivity index (χ0v) is 19.2. The van der Waals surface area contributed by atoms with Crippen LogP contribution in [0.2, 0.25) is 0 Å². The first-order valence-electron chi connectivity index (χ1n) is 11.1. The third kappa shape index (κ3) is 4.33. The second-order valence-electron chi connectivity index (χ2n) is 8.48. The van der Waals surface area contributed by atoms with Gasteiger partial charge >= 0.3 is 0 Å². The number of benzene rings is 2.